The van der Waals surface area contributed by atoms with E-state index in [0.717, 1.165) is 35.4 Å². The second kappa shape index (κ2) is 6.85. The van der Waals surface area contributed by atoms with E-state index in [-0.39, 0.29) is 0 Å². The largest absolute Gasteiger partial charge is 0.494 e. The Kier molecular flexibility index (Phi) is 4.83. The van der Waals surface area contributed by atoms with Crippen LogP contribution in [-0.4, -0.2) is 38.9 Å². The summed E-state index contributed by atoms with van der Waals surface area (Å²) >= 11 is 0. The fourth-order valence-electron chi connectivity index (χ4n) is 3.62. The van der Waals surface area contributed by atoms with Gasteiger partial charge in [-0.15, -0.1) is 0 Å². The van der Waals surface area contributed by atoms with Crippen molar-refractivity contribution in [3.8, 4) is 0 Å². The van der Waals surface area contributed by atoms with Crippen LogP contribution in [0.15, 0.2) is 41.1 Å². The van der Waals surface area contributed by atoms with Gasteiger partial charge in [0.25, 0.3) is 0 Å². The molecule has 0 atom stereocenters. The molecule has 0 heterocycles. The fraction of sp³-hybridized carbons (Fsp3) is 0.526. The highest BCUT2D eigenvalue weighted by Crippen LogP contribution is 2.46. The maximum Gasteiger partial charge on any atom is 0.247 e. The van der Waals surface area contributed by atoms with Gasteiger partial charge in [0.15, 0.2) is 5.76 Å². The van der Waals surface area contributed by atoms with E-state index in [4.69, 9.17) is 19.2 Å². The first-order chi connectivity index (χ1) is 11.3. The number of nitrogens with zero attached hydrogens (tertiary/aromatic N) is 1. The molecule has 2 aliphatic rings. The predicted octanol–water partition coefficient (Wildman–Crippen LogP) is 3.82. The third-order valence-electron chi connectivity index (χ3n) is 4.81. The first-order valence-electron chi connectivity index (χ1n) is 8.30. The van der Waals surface area contributed by atoms with Gasteiger partial charge in [-0.25, -0.2) is 0 Å². The van der Waals surface area contributed by atoms with Crippen LogP contribution in [0.4, 0.5) is 0 Å². The van der Waals surface area contributed by atoms with Crippen LogP contribution in [0.25, 0.3) is 5.57 Å². The summed E-state index contributed by atoms with van der Waals surface area (Å²) in [5.74, 6) is -0.144. The Balaban J connectivity index is 2.04. The number of ether oxygens (including phenoxy) is 3. The second-order valence-electron chi connectivity index (χ2n) is 6.07. The molecule has 4 nitrogen and oxygen atoms in total. The van der Waals surface area contributed by atoms with Gasteiger partial charge in [-0.1, -0.05) is 49.6 Å². The molecule has 1 aromatic rings. The lowest BCUT2D eigenvalue weighted by Crippen LogP contribution is -2.54. The molecular weight excluding hydrogens is 290 g/mol. The molecule has 0 N–H and O–H groups in total. The molecule has 124 valence electrons. The van der Waals surface area contributed by atoms with Crippen LogP contribution >= 0.6 is 0 Å². The van der Waals surface area contributed by atoms with Crippen LogP contribution < -0.4 is 0 Å². The minimum absolute atomic E-state index is 0.339. The zero-order valence-corrected chi connectivity index (χ0v) is 14.2. The van der Waals surface area contributed by atoms with Crippen molar-refractivity contribution in [3.05, 3.63) is 41.7 Å². The lowest BCUT2D eigenvalue weighted by atomic mass is 9.80. The highest BCUT2D eigenvalue weighted by molar-refractivity contribution is 6.25. The van der Waals surface area contributed by atoms with Crippen LogP contribution in [0.3, 0.4) is 0 Å². The topological polar surface area (TPSA) is 40.0 Å². The van der Waals surface area contributed by atoms with E-state index < -0.39 is 5.79 Å². The van der Waals surface area contributed by atoms with E-state index in [2.05, 4.69) is 0 Å². The van der Waals surface area contributed by atoms with Crippen LogP contribution in [0, 0.1) is 0 Å². The molecule has 0 unspecified atom stereocenters. The SMILES string of the molecule is COC1=C(c2ccccc2)C(OC)(OC)C1=NC1CCCCC1. The Morgan fingerprint density at radius 3 is 2.17 bits per heavy atom. The lowest BCUT2D eigenvalue weighted by molar-refractivity contribution is -0.118. The summed E-state index contributed by atoms with van der Waals surface area (Å²) in [5, 5.41) is 0. The highest BCUT2D eigenvalue weighted by atomic mass is 16.7. The maximum absolute atomic E-state index is 5.79. The molecule has 0 aromatic heterocycles. The normalized spacial score (nSPS) is 23.0. The lowest BCUT2D eigenvalue weighted by Gasteiger charge is -2.44. The number of benzene rings is 1. The standard InChI is InChI=1S/C19H25NO3/c1-21-17-16(14-10-6-4-7-11-14)19(22-2,23-3)18(17)20-15-12-8-5-9-13-15/h4,6-7,10-11,15H,5,8-9,12-13H2,1-3H3. The first-order valence-corrected chi connectivity index (χ1v) is 8.30. The third-order valence-corrected chi connectivity index (χ3v) is 4.81. The molecule has 0 spiro atoms. The average molecular weight is 315 g/mol. The van der Waals surface area contributed by atoms with E-state index in [1.807, 2.05) is 30.3 Å². The van der Waals surface area contributed by atoms with E-state index >= 15 is 0 Å². The van der Waals surface area contributed by atoms with Gasteiger partial charge >= 0.3 is 0 Å². The molecule has 0 radical (unpaired) electrons. The van der Waals surface area contributed by atoms with E-state index in [1.54, 1.807) is 21.3 Å². The summed E-state index contributed by atoms with van der Waals surface area (Å²) in [7, 11) is 5.01. The van der Waals surface area contributed by atoms with Gasteiger partial charge in [0.05, 0.1) is 18.7 Å². The quantitative estimate of drug-likeness (QED) is 0.776. The smallest absolute Gasteiger partial charge is 0.247 e. The number of hydrogen-bond donors (Lipinski definition) is 0. The van der Waals surface area contributed by atoms with Gasteiger partial charge in [-0.2, -0.15) is 0 Å². The van der Waals surface area contributed by atoms with Gasteiger partial charge < -0.3 is 14.2 Å². The summed E-state index contributed by atoms with van der Waals surface area (Å²) in [4.78, 5) is 4.95. The third kappa shape index (κ3) is 2.70. The van der Waals surface area contributed by atoms with Gasteiger partial charge in [-0.3, -0.25) is 4.99 Å². The summed E-state index contributed by atoms with van der Waals surface area (Å²) in [6.45, 7) is 0. The Labute approximate surface area is 138 Å². The van der Waals surface area contributed by atoms with Crippen LogP contribution in [0.5, 0.6) is 0 Å². The molecule has 1 aromatic carbocycles. The van der Waals surface area contributed by atoms with Gasteiger partial charge in [0.1, 0.15) is 5.71 Å². The minimum Gasteiger partial charge on any atom is -0.494 e. The van der Waals surface area contributed by atoms with Crippen LogP contribution in [0.1, 0.15) is 37.7 Å². The molecule has 0 amide bonds. The molecule has 2 aliphatic carbocycles. The molecule has 0 bridgehead atoms. The molecule has 4 heteroatoms. The van der Waals surface area contributed by atoms with Crippen molar-refractivity contribution in [1.82, 2.24) is 0 Å². The first kappa shape index (κ1) is 16.2. The Morgan fingerprint density at radius 1 is 0.957 bits per heavy atom. The Morgan fingerprint density at radius 2 is 1.61 bits per heavy atom. The van der Waals surface area contributed by atoms with Crippen molar-refractivity contribution in [2.75, 3.05) is 21.3 Å². The molecular formula is C19H25NO3. The average Bonchev–Trinajstić information content (AvgIpc) is 2.61. The number of hydrogen-bond acceptors (Lipinski definition) is 4. The molecule has 1 saturated carbocycles. The Hall–Kier alpha value is -1.65. The van der Waals surface area contributed by atoms with E-state index in [0.29, 0.717) is 6.04 Å². The molecule has 23 heavy (non-hydrogen) atoms. The zero-order valence-electron chi connectivity index (χ0n) is 14.2. The summed E-state index contributed by atoms with van der Waals surface area (Å²) < 4.78 is 17.2. The predicted molar refractivity (Wildman–Crippen MR) is 91.4 cm³/mol. The molecule has 3 rings (SSSR count). The summed E-state index contributed by atoms with van der Waals surface area (Å²) in [6.07, 6.45) is 6.05. The number of aliphatic imine (C=N–C) groups is 1. The Bertz CT molecular complexity index is 596. The summed E-state index contributed by atoms with van der Waals surface area (Å²) in [5.41, 5.74) is 2.74. The van der Waals surface area contributed by atoms with Crippen molar-refractivity contribution in [1.29, 1.82) is 0 Å². The van der Waals surface area contributed by atoms with Crippen molar-refractivity contribution < 1.29 is 14.2 Å². The highest BCUT2D eigenvalue weighted by Gasteiger charge is 2.55. The van der Waals surface area contributed by atoms with Crippen molar-refractivity contribution in [2.45, 2.75) is 43.9 Å². The monoisotopic (exact) mass is 315 g/mol. The van der Waals surface area contributed by atoms with Crippen LogP contribution in [0.2, 0.25) is 0 Å². The molecule has 0 saturated heterocycles. The van der Waals surface area contributed by atoms with E-state index in [1.165, 1.54) is 19.3 Å². The molecule has 0 aliphatic heterocycles. The van der Waals surface area contributed by atoms with Gasteiger partial charge in [-0.05, 0) is 18.4 Å². The number of rotatable bonds is 5. The summed E-state index contributed by atoms with van der Waals surface area (Å²) in [6, 6.07) is 10.4. The maximum atomic E-state index is 5.79. The number of methoxy groups -OCH3 is 3. The second-order valence-corrected chi connectivity index (χ2v) is 6.07. The van der Waals surface area contributed by atoms with Crippen LogP contribution in [-0.2, 0) is 14.2 Å². The van der Waals surface area contributed by atoms with Crippen molar-refractivity contribution >= 4 is 11.3 Å². The fourth-order valence-corrected chi connectivity index (χ4v) is 3.62. The van der Waals surface area contributed by atoms with Crippen molar-refractivity contribution in [3.63, 3.8) is 0 Å². The van der Waals surface area contributed by atoms with Gasteiger partial charge in [0, 0.05) is 14.2 Å². The van der Waals surface area contributed by atoms with E-state index in [9.17, 15) is 0 Å². The van der Waals surface area contributed by atoms with Crippen molar-refractivity contribution in [2.24, 2.45) is 4.99 Å². The minimum atomic E-state index is -0.926. The van der Waals surface area contributed by atoms with Gasteiger partial charge in [0.2, 0.25) is 5.79 Å². The zero-order chi connectivity index (χ0) is 16.3. The molecule has 1 fully saturated rings.